The maximum absolute atomic E-state index is 13.5. The second-order valence-electron chi connectivity index (χ2n) is 7.79. The molecule has 6 heteroatoms. The highest BCUT2D eigenvalue weighted by atomic mass is 16.2. The van der Waals surface area contributed by atoms with E-state index in [1.165, 1.54) is 5.56 Å². The van der Waals surface area contributed by atoms with Crippen LogP contribution in [-0.4, -0.2) is 31.3 Å². The zero-order valence-electron chi connectivity index (χ0n) is 17.7. The van der Waals surface area contributed by atoms with E-state index in [1.807, 2.05) is 49.7 Å². The van der Waals surface area contributed by atoms with E-state index in [-0.39, 0.29) is 11.9 Å². The van der Waals surface area contributed by atoms with Gasteiger partial charge in [0.05, 0.1) is 23.7 Å². The van der Waals surface area contributed by atoms with Gasteiger partial charge in [0.25, 0.3) is 5.91 Å². The minimum absolute atomic E-state index is 0.0860. The number of fused-ring (bicyclic) bond motifs is 1. The Morgan fingerprint density at radius 3 is 2.60 bits per heavy atom. The molecule has 0 bridgehead atoms. The van der Waals surface area contributed by atoms with E-state index in [9.17, 15) is 4.79 Å². The lowest BCUT2D eigenvalue weighted by atomic mass is 10.1. The molecule has 0 atom stereocenters. The number of pyridine rings is 2. The van der Waals surface area contributed by atoms with Crippen molar-refractivity contribution in [2.75, 3.05) is 0 Å². The summed E-state index contributed by atoms with van der Waals surface area (Å²) in [6, 6.07) is 15.8. The highest BCUT2D eigenvalue weighted by Crippen LogP contribution is 2.20. The SMILES string of the molecule is Cc1ccc(Cn2ncc3c(C(=O)n4ccccc4=NC(C)C)cc(C)nc32)cc1. The monoisotopic (exact) mass is 399 g/mol. The third-order valence-electron chi connectivity index (χ3n) is 4.87. The summed E-state index contributed by atoms with van der Waals surface area (Å²) >= 11 is 0. The quantitative estimate of drug-likeness (QED) is 0.523. The molecule has 4 aromatic rings. The van der Waals surface area contributed by atoms with Crippen molar-refractivity contribution in [1.29, 1.82) is 0 Å². The molecule has 0 saturated carbocycles. The van der Waals surface area contributed by atoms with Gasteiger partial charge in [0.2, 0.25) is 0 Å². The lowest BCUT2D eigenvalue weighted by Gasteiger charge is -2.10. The fourth-order valence-electron chi connectivity index (χ4n) is 3.44. The van der Waals surface area contributed by atoms with E-state index in [2.05, 4.69) is 46.3 Å². The van der Waals surface area contributed by atoms with E-state index in [0.29, 0.717) is 23.2 Å². The van der Waals surface area contributed by atoms with Gasteiger partial charge in [-0.25, -0.2) is 9.67 Å². The number of hydrogen-bond donors (Lipinski definition) is 0. The first-order chi connectivity index (χ1) is 14.4. The van der Waals surface area contributed by atoms with Gasteiger partial charge >= 0.3 is 0 Å². The number of aromatic nitrogens is 4. The Labute approximate surface area is 175 Å². The Morgan fingerprint density at radius 2 is 1.87 bits per heavy atom. The molecule has 1 aromatic carbocycles. The molecule has 0 aliphatic carbocycles. The first-order valence-corrected chi connectivity index (χ1v) is 10.1. The minimum atomic E-state index is -0.139. The minimum Gasteiger partial charge on any atom is -0.268 e. The number of rotatable bonds is 4. The molecule has 3 aromatic heterocycles. The van der Waals surface area contributed by atoms with E-state index in [0.717, 1.165) is 16.6 Å². The van der Waals surface area contributed by atoms with E-state index < -0.39 is 0 Å². The van der Waals surface area contributed by atoms with Crippen molar-refractivity contribution < 1.29 is 4.79 Å². The zero-order valence-corrected chi connectivity index (χ0v) is 17.7. The van der Waals surface area contributed by atoms with E-state index in [1.54, 1.807) is 17.0 Å². The molecule has 0 N–H and O–H groups in total. The van der Waals surface area contributed by atoms with Gasteiger partial charge in [-0.15, -0.1) is 0 Å². The van der Waals surface area contributed by atoms with Crippen molar-refractivity contribution in [3.8, 4) is 0 Å². The summed E-state index contributed by atoms with van der Waals surface area (Å²) < 4.78 is 3.43. The molecule has 0 unspecified atom stereocenters. The molecule has 6 nitrogen and oxygen atoms in total. The average molecular weight is 399 g/mol. The van der Waals surface area contributed by atoms with Crippen LogP contribution in [0.4, 0.5) is 0 Å². The molecular weight excluding hydrogens is 374 g/mol. The van der Waals surface area contributed by atoms with Gasteiger partial charge in [0.15, 0.2) is 5.65 Å². The van der Waals surface area contributed by atoms with E-state index in [4.69, 9.17) is 0 Å². The molecule has 0 aliphatic heterocycles. The van der Waals surface area contributed by atoms with Gasteiger partial charge in [0.1, 0.15) is 5.49 Å². The Morgan fingerprint density at radius 1 is 1.10 bits per heavy atom. The topological polar surface area (TPSA) is 65.1 Å². The lowest BCUT2D eigenvalue weighted by Crippen LogP contribution is -2.28. The smallest absolute Gasteiger partial charge is 0.264 e. The lowest BCUT2D eigenvalue weighted by molar-refractivity contribution is 0.0956. The van der Waals surface area contributed by atoms with Crippen molar-refractivity contribution in [1.82, 2.24) is 19.3 Å². The van der Waals surface area contributed by atoms with Gasteiger partial charge in [0, 0.05) is 17.9 Å². The fraction of sp³-hybridized carbons (Fsp3) is 0.250. The Balaban J connectivity index is 1.80. The zero-order chi connectivity index (χ0) is 21.3. The summed E-state index contributed by atoms with van der Waals surface area (Å²) in [6.07, 6.45) is 3.48. The Bertz CT molecular complexity index is 1280. The average Bonchev–Trinajstić information content (AvgIpc) is 3.11. The molecule has 0 amide bonds. The molecule has 0 saturated heterocycles. The van der Waals surface area contributed by atoms with Gasteiger partial charge in [-0.3, -0.25) is 14.4 Å². The maximum atomic E-state index is 13.5. The summed E-state index contributed by atoms with van der Waals surface area (Å²) in [5.74, 6) is -0.139. The second-order valence-corrected chi connectivity index (χ2v) is 7.79. The van der Waals surface area contributed by atoms with Crippen molar-refractivity contribution in [3.63, 3.8) is 0 Å². The first kappa shape index (κ1) is 19.8. The van der Waals surface area contributed by atoms with Crippen molar-refractivity contribution in [2.45, 2.75) is 40.3 Å². The maximum Gasteiger partial charge on any atom is 0.264 e. The first-order valence-electron chi connectivity index (χ1n) is 10.1. The molecule has 0 fully saturated rings. The van der Waals surface area contributed by atoms with E-state index >= 15 is 0 Å². The number of carbonyl (C=O) groups is 1. The van der Waals surface area contributed by atoms with Gasteiger partial charge in [-0.05, 0) is 51.5 Å². The summed E-state index contributed by atoms with van der Waals surface area (Å²) in [5, 5.41) is 5.27. The standard InChI is InChI=1S/C24H25N5O/c1-16(2)26-22-7-5-6-12-28(22)24(30)20-13-18(4)27-23-21(20)14-25-29(23)15-19-10-8-17(3)9-11-19/h5-14,16H,15H2,1-4H3. The summed E-state index contributed by atoms with van der Waals surface area (Å²) in [5.41, 5.74) is 5.04. The highest BCUT2D eigenvalue weighted by Gasteiger charge is 2.17. The number of nitrogens with zero attached hydrogens (tertiary/aromatic N) is 5. The predicted octanol–water partition coefficient (Wildman–Crippen LogP) is 3.90. The van der Waals surface area contributed by atoms with Crippen LogP contribution in [0.5, 0.6) is 0 Å². The van der Waals surface area contributed by atoms with Gasteiger partial charge < -0.3 is 0 Å². The van der Waals surface area contributed by atoms with Crippen LogP contribution in [0.1, 0.15) is 41.0 Å². The summed E-state index contributed by atoms with van der Waals surface area (Å²) in [7, 11) is 0. The normalized spacial score (nSPS) is 12.1. The van der Waals surface area contributed by atoms with Crippen LogP contribution in [0.2, 0.25) is 0 Å². The molecule has 0 aliphatic rings. The summed E-state index contributed by atoms with van der Waals surface area (Å²) in [4.78, 5) is 22.7. The van der Waals surface area contributed by atoms with Crippen LogP contribution in [-0.2, 0) is 6.54 Å². The fourth-order valence-corrected chi connectivity index (χ4v) is 3.44. The number of aryl methyl sites for hydroxylation is 2. The third-order valence-corrected chi connectivity index (χ3v) is 4.87. The van der Waals surface area contributed by atoms with Crippen LogP contribution < -0.4 is 5.49 Å². The molecule has 30 heavy (non-hydrogen) atoms. The van der Waals surface area contributed by atoms with Crippen LogP contribution in [0.3, 0.4) is 0 Å². The van der Waals surface area contributed by atoms with Gasteiger partial charge in [-0.2, -0.15) is 5.10 Å². The number of carbonyl (C=O) groups excluding carboxylic acids is 1. The van der Waals surface area contributed by atoms with Crippen LogP contribution in [0.15, 0.2) is 65.9 Å². The molecule has 3 heterocycles. The van der Waals surface area contributed by atoms with Crippen LogP contribution in [0, 0.1) is 13.8 Å². The third kappa shape index (κ3) is 3.94. The molecule has 4 rings (SSSR count). The highest BCUT2D eigenvalue weighted by molar-refractivity contribution is 6.06. The van der Waals surface area contributed by atoms with Crippen molar-refractivity contribution in [3.05, 3.63) is 88.8 Å². The van der Waals surface area contributed by atoms with Crippen molar-refractivity contribution in [2.24, 2.45) is 4.99 Å². The largest absolute Gasteiger partial charge is 0.268 e. The van der Waals surface area contributed by atoms with Crippen LogP contribution >= 0.6 is 0 Å². The van der Waals surface area contributed by atoms with Crippen molar-refractivity contribution >= 4 is 16.9 Å². The number of benzene rings is 1. The Hall–Kier alpha value is -3.54. The van der Waals surface area contributed by atoms with Crippen LogP contribution in [0.25, 0.3) is 11.0 Å². The van der Waals surface area contributed by atoms with Gasteiger partial charge in [-0.1, -0.05) is 35.9 Å². The predicted molar refractivity (Wildman–Crippen MR) is 117 cm³/mol. The molecule has 0 spiro atoms. The second kappa shape index (κ2) is 8.06. The molecule has 0 radical (unpaired) electrons. The summed E-state index contributed by atoms with van der Waals surface area (Å²) in [6.45, 7) is 8.54. The number of hydrogen-bond acceptors (Lipinski definition) is 4. The molecular formula is C24H25N5O. The Kier molecular flexibility index (Phi) is 5.31. The molecule has 152 valence electrons.